The summed E-state index contributed by atoms with van der Waals surface area (Å²) in [6.07, 6.45) is -1.84. The summed E-state index contributed by atoms with van der Waals surface area (Å²) in [6, 6.07) is 2.36. The van der Waals surface area contributed by atoms with Crippen molar-refractivity contribution in [3.8, 4) is 0 Å². The molecular formula is C21H27N3O9. The zero-order valence-electron chi connectivity index (χ0n) is 18.2. The fraction of sp³-hybridized carbons (Fsp3) is 0.429. The lowest BCUT2D eigenvalue weighted by atomic mass is 10.1. The molecule has 6 N–H and O–H groups in total. The van der Waals surface area contributed by atoms with Crippen LogP contribution in [0.4, 0.5) is 0 Å². The van der Waals surface area contributed by atoms with Crippen molar-refractivity contribution < 1.29 is 44.1 Å². The Kier molecular flexibility index (Phi) is 10.5. The summed E-state index contributed by atoms with van der Waals surface area (Å²) in [5.41, 5.74) is 1.59. The number of carbonyl (C=O) groups is 6. The lowest BCUT2D eigenvalue weighted by Gasteiger charge is -2.23. The number of carboxylic acids is 3. The number of nitrogens with one attached hydrogen (secondary N) is 3. The van der Waals surface area contributed by atoms with Crippen LogP contribution in [0.3, 0.4) is 0 Å². The van der Waals surface area contributed by atoms with E-state index >= 15 is 0 Å². The molecule has 0 aliphatic heterocycles. The van der Waals surface area contributed by atoms with Gasteiger partial charge in [-0.3, -0.25) is 24.0 Å². The summed E-state index contributed by atoms with van der Waals surface area (Å²) in [4.78, 5) is 70.7. The van der Waals surface area contributed by atoms with Crippen LogP contribution in [0.1, 0.15) is 37.3 Å². The molecule has 3 amide bonds. The van der Waals surface area contributed by atoms with E-state index in [1.54, 1.807) is 24.3 Å². The van der Waals surface area contributed by atoms with Crippen molar-refractivity contribution in [2.45, 2.75) is 57.7 Å². The van der Waals surface area contributed by atoms with E-state index in [0.29, 0.717) is 5.56 Å². The maximum atomic E-state index is 12.6. The Morgan fingerprint density at radius 2 is 1.21 bits per heavy atom. The second-order valence-electron chi connectivity index (χ2n) is 7.35. The molecule has 0 aliphatic rings. The van der Waals surface area contributed by atoms with E-state index in [0.717, 1.165) is 5.56 Å². The third kappa shape index (κ3) is 9.80. The maximum absolute atomic E-state index is 12.6. The van der Waals surface area contributed by atoms with Crippen molar-refractivity contribution in [2.75, 3.05) is 0 Å². The molecule has 0 fully saturated rings. The Labute approximate surface area is 189 Å². The largest absolute Gasteiger partial charge is 0.481 e. The summed E-state index contributed by atoms with van der Waals surface area (Å²) in [5, 5.41) is 33.7. The molecule has 0 saturated carbocycles. The van der Waals surface area contributed by atoms with Gasteiger partial charge in [0.05, 0.1) is 19.3 Å². The molecular weight excluding hydrogens is 438 g/mol. The number of hydrogen-bond acceptors (Lipinski definition) is 6. The first kappa shape index (κ1) is 27.1. The van der Waals surface area contributed by atoms with Crippen LogP contribution in [0.15, 0.2) is 24.3 Å². The van der Waals surface area contributed by atoms with Gasteiger partial charge in [0.25, 0.3) is 0 Å². The van der Waals surface area contributed by atoms with Crippen LogP contribution in [0, 0.1) is 6.92 Å². The van der Waals surface area contributed by atoms with Gasteiger partial charge in [0.15, 0.2) is 0 Å². The van der Waals surface area contributed by atoms with Gasteiger partial charge in [-0.2, -0.15) is 0 Å². The highest BCUT2D eigenvalue weighted by Crippen LogP contribution is 2.05. The van der Waals surface area contributed by atoms with Gasteiger partial charge >= 0.3 is 17.9 Å². The molecule has 0 radical (unpaired) electrons. The summed E-state index contributed by atoms with van der Waals surface area (Å²) < 4.78 is 0. The number of aryl methyl sites for hydroxylation is 1. The van der Waals surface area contributed by atoms with E-state index in [-0.39, 0.29) is 12.8 Å². The van der Waals surface area contributed by atoms with E-state index in [1.807, 2.05) is 6.92 Å². The van der Waals surface area contributed by atoms with Crippen molar-refractivity contribution >= 4 is 35.6 Å². The van der Waals surface area contributed by atoms with Gasteiger partial charge in [0.2, 0.25) is 17.7 Å². The Morgan fingerprint density at radius 3 is 1.64 bits per heavy atom. The fourth-order valence-electron chi connectivity index (χ4n) is 2.79. The molecule has 1 aromatic rings. The second kappa shape index (κ2) is 12.8. The van der Waals surface area contributed by atoms with Crippen molar-refractivity contribution in [2.24, 2.45) is 0 Å². The Bertz CT molecular complexity index is 899. The lowest BCUT2D eigenvalue weighted by Crippen LogP contribution is -2.56. The van der Waals surface area contributed by atoms with Crippen LogP contribution in [-0.4, -0.2) is 69.1 Å². The predicted octanol–water partition coefficient (Wildman–Crippen LogP) is -0.564. The van der Waals surface area contributed by atoms with Gasteiger partial charge in [-0.15, -0.1) is 0 Å². The first-order valence-electron chi connectivity index (χ1n) is 10.0. The molecule has 0 aromatic heterocycles. The van der Waals surface area contributed by atoms with E-state index < -0.39 is 66.6 Å². The number of amides is 3. The van der Waals surface area contributed by atoms with Gasteiger partial charge in [0.1, 0.15) is 18.1 Å². The third-order valence-electron chi connectivity index (χ3n) is 4.55. The zero-order chi connectivity index (χ0) is 25.1. The van der Waals surface area contributed by atoms with Gasteiger partial charge in [0, 0.05) is 0 Å². The highest BCUT2D eigenvalue weighted by atomic mass is 16.4. The number of aliphatic carboxylic acids is 3. The van der Waals surface area contributed by atoms with Crippen molar-refractivity contribution in [1.82, 2.24) is 16.0 Å². The standard InChI is InChI=1S/C21H27N3O9/c1-3-13(21(32)33)23-20(31)15(10-18(28)29)24-19(30)14(9-17(26)27)22-16(25)8-12-6-4-11(2)5-7-12/h4-7,13-15H,3,8-10H2,1-2H3,(H,22,25)(H,23,31)(H,24,30)(H,26,27)(H,28,29)(H,32,33)/t13-,14-,15-/m0/s1. The minimum absolute atomic E-state index is 0.00547. The average Bonchev–Trinajstić information content (AvgIpc) is 2.71. The average molecular weight is 465 g/mol. The summed E-state index contributed by atoms with van der Waals surface area (Å²) in [5.74, 6) is -7.05. The number of rotatable bonds is 13. The normalized spacial score (nSPS) is 13.2. The monoisotopic (exact) mass is 465 g/mol. The van der Waals surface area contributed by atoms with Gasteiger partial charge in [-0.1, -0.05) is 36.8 Å². The minimum Gasteiger partial charge on any atom is -0.481 e. The van der Waals surface area contributed by atoms with Gasteiger partial charge < -0.3 is 31.3 Å². The fourth-order valence-corrected chi connectivity index (χ4v) is 2.79. The molecule has 0 bridgehead atoms. The molecule has 0 saturated heterocycles. The smallest absolute Gasteiger partial charge is 0.326 e. The predicted molar refractivity (Wildman–Crippen MR) is 113 cm³/mol. The molecule has 33 heavy (non-hydrogen) atoms. The van der Waals surface area contributed by atoms with Crippen molar-refractivity contribution in [1.29, 1.82) is 0 Å². The molecule has 12 nitrogen and oxygen atoms in total. The van der Waals surface area contributed by atoms with Gasteiger partial charge in [-0.05, 0) is 18.9 Å². The topological polar surface area (TPSA) is 199 Å². The molecule has 3 atom stereocenters. The first-order valence-corrected chi connectivity index (χ1v) is 10.0. The van der Waals surface area contributed by atoms with Crippen LogP contribution in [0.25, 0.3) is 0 Å². The van der Waals surface area contributed by atoms with Gasteiger partial charge in [-0.25, -0.2) is 4.79 Å². The Morgan fingerprint density at radius 1 is 0.758 bits per heavy atom. The number of benzene rings is 1. The summed E-state index contributed by atoms with van der Waals surface area (Å²) >= 11 is 0. The van der Waals surface area contributed by atoms with Crippen LogP contribution < -0.4 is 16.0 Å². The lowest BCUT2D eigenvalue weighted by molar-refractivity contribution is -0.144. The second-order valence-corrected chi connectivity index (χ2v) is 7.35. The third-order valence-corrected chi connectivity index (χ3v) is 4.55. The van der Waals surface area contributed by atoms with Crippen LogP contribution >= 0.6 is 0 Å². The summed E-state index contributed by atoms with van der Waals surface area (Å²) in [6.45, 7) is 3.34. The van der Waals surface area contributed by atoms with Crippen LogP contribution in [0.5, 0.6) is 0 Å². The molecule has 1 rings (SSSR count). The quantitative estimate of drug-likeness (QED) is 0.221. The molecule has 0 unspecified atom stereocenters. The van der Waals surface area contributed by atoms with E-state index in [9.17, 15) is 28.8 Å². The number of carbonyl (C=O) groups excluding carboxylic acids is 3. The number of hydrogen-bond donors (Lipinski definition) is 6. The highest BCUT2D eigenvalue weighted by Gasteiger charge is 2.31. The molecule has 180 valence electrons. The van der Waals surface area contributed by atoms with Crippen molar-refractivity contribution in [3.63, 3.8) is 0 Å². The van der Waals surface area contributed by atoms with E-state index in [2.05, 4.69) is 16.0 Å². The maximum Gasteiger partial charge on any atom is 0.326 e. The molecule has 12 heteroatoms. The molecule has 0 aliphatic carbocycles. The molecule has 1 aromatic carbocycles. The number of carboxylic acid groups (broad SMARTS) is 3. The SMILES string of the molecule is CC[C@H](NC(=O)[C@H](CC(=O)O)NC(=O)[C@H](CC(=O)O)NC(=O)Cc1ccc(C)cc1)C(=O)O. The molecule has 0 heterocycles. The van der Waals surface area contributed by atoms with Crippen molar-refractivity contribution in [3.05, 3.63) is 35.4 Å². The van der Waals surface area contributed by atoms with E-state index in [4.69, 9.17) is 15.3 Å². The minimum atomic E-state index is -1.69. The molecule has 0 spiro atoms. The zero-order valence-corrected chi connectivity index (χ0v) is 18.2. The Balaban J connectivity index is 2.94. The van der Waals surface area contributed by atoms with Crippen LogP contribution in [0.2, 0.25) is 0 Å². The highest BCUT2D eigenvalue weighted by molar-refractivity contribution is 5.96. The van der Waals surface area contributed by atoms with Crippen LogP contribution in [-0.2, 0) is 35.2 Å². The van der Waals surface area contributed by atoms with E-state index in [1.165, 1.54) is 6.92 Å². The summed E-state index contributed by atoms with van der Waals surface area (Å²) in [7, 11) is 0. The Hall–Kier alpha value is -3.96. The first-order chi connectivity index (χ1) is 15.4.